The van der Waals surface area contributed by atoms with Gasteiger partial charge < -0.3 is 13.9 Å². The van der Waals surface area contributed by atoms with Crippen molar-refractivity contribution in [2.75, 3.05) is 0 Å². The van der Waals surface area contributed by atoms with E-state index in [9.17, 15) is 9.59 Å². The number of carbonyl (C=O) groups excluding carboxylic acids is 1. The summed E-state index contributed by atoms with van der Waals surface area (Å²) >= 11 is 1.57. The third-order valence-electron chi connectivity index (χ3n) is 4.50. The first kappa shape index (κ1) is 20.6. The third-order valence-corrected chi connectivity index (χ3v) is 5.32. The average Bonchev–Trinajstić information content (AvgIpc) is 3.16. The lowest BCUT2D eigenvalue weighted by Gasteiger charge is -2.08. The number of esters is 1. The maximum absolute atomic E-state index is 12.3. The van der Waals surface area contributed by atoms with E-state index in [-0.39, 0.29) is 0 Å². The summed E-state index contributed by atoms with van der Waals surface area (Å²) in [6.45, 7) is 4.12. The molecule has 0 aliphatic heterocycles. The van der Waals surface area contributed by atoms with Gasteiger partial charge in [0.25, 0.3) is 0 Å². The van der Waals surface area contributed by atoms with Crippen LogP contribution in [-0.2, 0) is 11.4 Å². The molecule has 156 valence electrons. The highest BCUT2D eigenvalue weighted by Gasteiger charge is 2.08. The molecule has 0 unspecified atom stereocenters. The van der Waals surface area contributed by atoms with Gasteiger partial charge in [-0.2, -0.15) is 0 Å². The van der Waals surface area contributed by atoms with Crippen LogP contribution < -0.4 is 15.1 Å². The van der Waals surface area contributed by atoms with E-state index < -0.39 is 11.6 Å². The fraction of sp³-hybridized carbons (Fsp3) is 0.125. The fourth-order valence-corrected chi connectivity index (χ4v) is 3.65. The Morgan fingerprint density at radius 1 is 1.16 bits per heavy atom. The second-order valence-electron chi connectivity index (χ2n) is 6.85. The highest BCUT2D eigenvalue weighted by Crippen LogP contribution is 2.24. The maximum atomic E-state index is 12.3. The molecule has 0 bridgehead atoms. The van der Waals surface area contributed by atoms with Gasteiger partial charge in [-0.25, -0.2) is 14.6 Å². The molecule has 0 spiro atoms. The van der Waals surface area contributed by atoms with Gasteiger partial charge >= 0.3 is 11.6 Å². The van der Waals surface area contributed by atoms with Crippen LogP contribution in [-0.4, -0.2) is 11.0 Å². The summed E-state index contributed by atoms with van der Waals surface area (Å²) in [7, 11) is 0. The van der Waals surface area contributed by atoms with Crippen molar-refractivity contribution in [3.05, 3.63) is 92.2 Å². The van der Waals surface area contributed by atoms with Crippen LogP contribution in [0.4, 0.5) is 0 Å². The summed E-state index contributed by atoms with van der Waals surface area (Å²) in [4.78, 5) is 28.3. The fourth-order valence-electron chi connectivity index (χ4n) is 3.05. The minimum atomic E-state index is -0.556. The van der Waals surface area contributed by atoms with Crippen molar-refractivity contribution >= 4 is 34.4 Å². The number of hydrogen-bond acceptors (Lipinski definition) is 7. The van der Waals surface area contributed by atoms with Gasteiger partial charge in [0, 0.05) is 34.5 Å². The van der Waals surface area contributed by atoms with Crippen molar-refractivity contribution in [3.8, 4) is 11.5 Å². The van der Waals surface area contributed by atoms with Gasteiger partial charge in [0.1, 0.15) is 23.7 Å². The normalized spacial score (nSPS) is 11.2. The Bertz CT molecular complexity index is 1340. The van der Waals surface area contributed by atoms with Gasteiger partial charge in [0.05, 0.1) is 10.7 Å². The number of aryl methyl sites for hydroxylation is 2. The number of carbonyl (C=O) groups is 1. The number of aromatic nitrogens is 1. The van der Waals surface area contributed by atoms with Crippen LogP contribution in [0.3, 0.4) is 0 Å². The van der Waals surface area contributed by atoms with E-state index in [4.69, 9.17) is 13.9 Å². The summed E-state index contributed by atoms with van der Waals surface area (Å²) < 4.78 is 16.4. The predicted molar refractivity (Wildman–Crippen MR) is 120 cm³/mol. The highest BCUT2D eigenvalue weighted by molar-refractivity contribution is 7.09. The first-order chi connectivity index (χ1) is 15.0. The molecule has 31 heavy (non-hydrogen) atoms. The van der Waals surface area contributed by atoms with E-state index in [2.05, 4.69) is 4.98 Å². The lowest BCUT2D eigenvalue weighted by Crippen LogP contribution is -2.04. The Morgan fingerprint density at radius 3 is 2.81 bits per heavy atom. The Balaban J connectivity index is 1.46. The van der Waals surface area contributed by atoms with E-state index in [1.165, 1.54) is 18.2 Å². The van der Waals surface area contributed by atoms with Crippen LogP contribution in [0, 0.1) is 13.8 Å². The SMILES string of the molecule is Cc1nc(COc2ccccc2/C=C/C(=O)Oc2ccc3c(C)cc(=O)oc3c2)cs1. The molecule has 6 nitrogen and oxygen atoms in total. The molecule has 0 amide bonds. The van der Waals surface area contributed by atoms with E-state index in [1.807, 2.05) is 43.5 Å². The number of ether oxygens (including phenoxy) is 2. The highest BCUT2D eigenvalue weighted by atomic mass is 32.1. The zero-order valence-corrected chi connectivity index (χ0v) is 17.8. The Hall–Kier alpha value is -3.71. The molecular formula is C24H19NO5S. The number of benzene rings is 2. The molecule has 0 saturated heterocycles. The summed E-state index contributed by atoms with van der Waals surface area (Å²) in [6, 6.07) is 13.8. The van der Waals surface area contributed by atoms with Gasteiger partial charge in [-0.05, 0) is 43.7 Å². The van der Waals surface area contributed by atoms with Gasteiger partial charge in [-0.3, -0.25) is 0 Å². The molecule has 0 aliphatic rings. The maximum Gasteiger partial charge on any atom is 0.336 e. The van der Waals surface area contributed by atoms with Crippen LogP contribution in [0.25, 0.3) is 17.0 Å². The van der Waals surface area contributed by atoms with Crippen LogP contribution in [0.1, 0.15) is 21.8 Å². The Kier molecular flexibility index (Phi) is 5.95. The van der Waals surface area contributed by atoms with E-state index >= 15 is 0 Å². The molecule has 4 aromatic rings. The van der Waals surface area contributed by atoms with Crippen molar-refractivity contribution in [1.29, 1.82) is 0 Å². The molecule has 2 heterocycles. The molecule has 7 heteroatoms. The number of nitrogens with zero attached hydrogens (tertiary/aromatic N) is 1. The molecule has 0 radical (unpaired) electrons. The minimum absolute atomic E-state index is 0.291. The smallest absolute Gasteiger partial charge is 0.336 e. The Morgan fingerprint density at radius 2 is 2.00 bits per heavy atom. The van der Waals surface area contributed by atoms with Crippen LogP contribution in [0.15, 0.2) is 69.2 Å². The molecule has 0 N–H and O–H groups in total. The number of rotatable bonds is 6. The van der Waals surface area contributed by atoms with Crippen molar-refractivity contribution in [2.45, 2.75) is 20.5 Å². The lowest BCUT2D eigenvalue weighted by molar-refractivity contribution is -0.128. The second-order valence-corrected chi connectivity index (χ2v) is 7.91. The van der Waals surface area contributed by atoms with Crippen molar-refractivity contribution < 1.29 is 18.7 Å². The van der Waals surface area contributed by atoms with E-state index in [1.54, 1.807) is 29.5 Å². The monoisotopic (exact) mass is 433 g/mol. The topological polar surface area (TPSA) is 78.6 Å². The molecule has 0 atom stereocenters. The zero-order valence-electron chi connectivity index (χ0n) is 17.0. The number of thiazole rings is 1. The first-order valence-electron chi connectivity index (χ1n) is 9.55. The van der Waals surface area contributed by atoms with E-state index in [0.717, 1.165) is 27.2 Å². The quantitative estimate of drug-likeness (QED) is 0.183. The summed E-state index contributed by atoms with van der Waals surface area (Å²) in [5.74, 6) is 0.374. The second kappa shape index (κ2) is 8.97. The number of hydrogen-bond donors (Lipinski definition) is 0. The lowest BCUT2D eigenvalue weighted by atomic mass is 10.1. The number of fused-ring (bicyclic) bond motifs is 1. The van der Waals surface area contributed by atoms with Gasteiger partial charge in [-0.15, -0.1) is 11.3 Å². The molecular weight excluding hydrogens is 414 g/mol. The Labute approximate surface area is 182 Å². The molecule has 2 aromatic heterocycles. The van der Waals surface area contributed by atoms with Crippen LogP contribution >= 0.6 is 11.3 Å². The molecule has 0 aliphatic carbocycles. The van der Waals surface area contributed by atoms with Crippen molar-refractivity contribution in [2.24, 2.45) is 0 Å². The zero-order chi connectivity index (χ0) is 21.8. The minimum Gasteiger partial charge on any atom is -0.487 e. The van der Waals surface area contributed by atoms with Gasteiger partial charge in [0.2, 0.25) is 0 Å². The van der Waals surface area contributed by atoms with Crippen molar-refractivity contribution in [3.63, 3.8) is 0 Å². The van der Waals surface area contributed by atoms with E-state index in [0.29, 0.717) is 23.7 Å². The standard InChI is InChI=1S/C24H19NO5S/c1-15-11-24(27)30-22-12-19(8-9-20(15)22)29-23(26)10-7-17-5-3-4-6-21(17)28-13-18-14-31-16(2)25-18/h3-12,14H,13H2,1-2H3/b10-7+. The third kappa shape index (κ3) is 5.07. The molecule has 0 fully saturated rings. The summed E-state index contributed by atoms with van der Waals surface area (Å²) in [6.07, 6.45) is 2.96. The van der Waals surface area contributed by atoms with Crippen molar-refractivity contribution in [1.82, 2.24) is 4.98 Å². The summed E-state index contributed by atoms with van der Waals surface area (Å²) in [5.41, 5.74) is 2.33. The summed E-state index contributed by atoms with van der Waals surface area (Å²) in [5, 5.41) is 3.73. The van der Waals surface area contributed by atoms with Gasteiger partial charge in [-0.1, -0.05) is 18.2 Å². The largest absolute Gasteiger partial charge is 0.487 e. The molecule has 4 rings (SSSR count). The molecule has 2 aromatic carbocycles. The predicted octanol–water partition coefficient (Wildman–Crippen LogP) is 5.06. The molecule has 0 saturated carbocycles. The van der Waals surface area contributed by atoms with Crippen LogP contribution in [0.2, 0.25) is 0 Å². The first-order valence-corrected chi connectivity index (χ1v) is 10.4. The average molecular weight is 433 g/mol. The number of para-hydroxylation sites is 1. The van der Waals surface area contributed by atoms with Gasteiger partial charge in [0.15, 0.2) is 0 Å². The van der Waals surface area contributed by atoms with Crippen LogP contribution in [0.5, 0.6) is 11.5 Å².